The van der Waals surface area contributed by atoms with Crippen molar-refractivity contribution in [2.24, 2.45) is 0 Å². The fourth-order valence-corrected chi connectivity index (χ4v) is 4.49. The number of rotatable bonds is 2. The molecule has 7 rings (SSSR count). The van der Waals surface area contributed by atoms with E-state index in [9.17, 15) is 0 Å². The van der Waals surface area contributed by atoms with Gasteiger partial charge in [-0.25, -0.2) is 0 Å². The van der Waals surface area contributed by atoms with Crippen LogP contribution in [0.5, 0.6) is 0 Å². The van der Waals surface area contributed by atoms with E-state index in [4.69, 9.17) is 13.7 Å². The number of pyridine rings is 1. The van der Waals surface area contributed by atoms with Gasteiger partial charge >= 0.3 is 20.1 Å². The van der Waals surface area contributed by atoms with Crippen molar-refractivity contribution in [1.82, 2.24) is 14.3 Å². The number of hydrogen-bond donors (Lipinski definition) is 0. The van der Waals surface area contributed by atoms with E-state index >= 15 is 0 Å². The zero-order valence-electron chi connectivity index (χ0n) is 31.7. The molecule has 1 aliphatic rings. The summed E-state index contributed by atoms with van der Waals surface area (Å²) in [6.45, 7) is 6.73. The zero-order chi connectivity index (χ0) is 34.9. The minimum atomic E-state index is -0.403. The molecule has 0 bridgehead atoms. The Hall–Kier alpha value is -3.92. The predicted molar refractivity (Wildman–Crippen MR) is 158 cm³/mol. The number of fused-ring (bicyclic) bond motifs is 6. The normalized spacial score (nSPS) is 16.2. The van der Waals surface area contributed by atoms with Crippen molar-refractivity contribution >= 4 is 33.0 Å². The molecule has 194 valence electrons. The van der Waals surface area contributed by atoms with Crippen molar-refractivity contribution in [3.05, 3.63) is 133 Å². The van der Waals surface area contributed by atoms with Gasteiger partial charge in [-0.15, -0.1) is 35.3 Å². The van der Waals surface area contributed by atoms with Gasteiger partial charge in [0.1, 0.15) is 0 Å². The van der Waals surface area contributed by atoms with Gasteiger partial charge in [0.15, 0.2) is 0 Å². The second kappa shape index (κ2) is 11.1. The number of para-hydroxylation sites is 1. The topological polar surface area (TPSA) is 23.8 Å². The molecule has 4 aromatic carbocycles. The van der Waals surface area contributed by atoms with Gasteiger partial charge in [0.05, 0.1) is 20.9 Å². The van der Waals surface area contributed by atoms with Crippen LogP contribution in [-0.2, 0) is 20.1 Å². The Morgan fingerprint density at radius 1 is 0.923 bits per heavy atom. The molecule has 39 heavy (non-hydrogen) atoms. The molecular weight excluding hydrogens is 657 g/mol. The number of aromatic nitrogens is 2. The van der Waals surface area contributed by atoms with Crippen LogP contribution in [0.3, 0.4) is 0 Å². The number of benzene rings is 4. The zero-order valence-corrected chi connectivity index (χ0v) is 24.1. The van der Waals surface area contributed by atoms with E-state index in [0.29, 0.717) is 16.7 Å². The Kier molecular flexibility index (Phi) is 4.79. The number of imidazole rings is 1. The summed E-state index contributed by atoms with van der Waals surface area (Å²) in [6, 6.07) is 11.5. The second-order valence-corrected chi connectivity index (χ2v) is 8.94. The summed E-state index contributed by atoms with van der Waals surface area (Å²) in [5.41, 5.74) is 2.46. The first-order chi connectivity index (χ1) is 22.7. The van der Waals surface area contributed by atoms with Gasteiger partial charge < -0.3 is 14.2 Å². The third-order valence-corrected chi connectivity index (χ3v) is 6.23. The molecule has 6 aromatic rings. The Morgan fingerprint density at radius 3 is 2.46 bits per heavy atom. The van der Waals surface area contributed by atoms with Gasteiger partial charge in [0.25, 0.3) is 0 Å². The Balaban J connectivity index is 0.000000303. The predicted octanol–water partition coefficient (Wildman–Crippen LogP) is 7.86. The van der Waals surface area contributed by atoms with E-state index in [2.05, 4.69) is 17.1 Å². The SMILES string of the molecule is CN1C=CN(c2[c-]cccc2)[CH-]1.[2H]c1[c-]c2c(c([2H])c1[2H])c1c([2H])c(C)c([2H])c([2H])c1n1c(-c3c(C)c([2H])c([2H])c([2H])c3C)c([2H])nc21.[Ir+3]. The fourth-order valence-electron chi connectivity index (χ4n) is 4.49. The minimum Gasteiger partial charge on any atom is -0.510 e. The summed E-state index contributed by atoms with van der Waals surface area (Å²) in [5.74, 6) is 0. The number of nitrogens with zero attached hydrogens (tertiary/aromatic N) is 4. The van der Waals surface area contributed by atoms with Crippen LogP contribution in [0.1, 0.15) is 30.4 Å². The molecule has 5 heteroatoms. The first kappa shape index (κ1) is 16.9. The molecule has 1 aliphatic heterocycles. The van der Waals surface area contributed by atoms with Gasteiger partial charge in [-0.2, -0.15) is 37.0 Å². The van der Waals surface area contributed by atoms with Crippen molar-refractivity contribution in [1.29, 1.82) is 0 Å². The van der Waals surface area contributed by atoms with Crippen molar-refractivity contribution < 1.29 is 33.8 Å². The Morgan fingerprint density at radius 2 is 1.74 bits per heavy atom. The maximum Gasteiger partial charge on any atom is 3.00 e. The molecule has 0 amide bonds. The molecule has 0 radical (unpaired) electrons. The van der Waals surface area contributed by atoms with Crippen LogP contribution in [0, 0.1) is 39.6 Å². The van der Waals surface area contributed by atoms with E-state index in [0.717, 1.165) is 5.69 Å². The van der Waals surface area contributed by atoms with Crippen molar-refractivity contribution in [2.45, 2.75) is 20.8 Å². The molecule has 0 unspecified atom stereocenters. The first-order valence-corrected chi connectivity index (χ1v) is 12.0. The van der Waals surface area contributed by atoms with Crippen molar-refractivity contribution in [3.8, 4) is 11.3 Å². The molecule has 0 N–H and O–H groups in total. The van der Waals surface area contributed by atoms with Crippen LogP contribution in [0.15, 0.2) is 97.2 Å². The monoisotopic (exact) mass is 696 g/mol. The first-order valence-electron chi connectivity index (χ1n) is 17.0. The Bertz CT molecular complexity index is 2310. The smallest absolute Gasteiger partial charge is 0.510 e. The quantitative estimate of drug-likeness (QED) is 0.136. The average Bonchev–Trinajstić information content (AvgIpc) is 3.66. The maximum absolute atomic E-state index is 8.80. The molecule has 0 aliphatic carbocycles. The molecule has 0 saturated carbocycles. The second-order valence-electron chi connectivity index (χ2n) is 8.94. The molecule has 0 fully saturated rings. The summed E-state index contributed by atoms with van der Waals surface area (Å²) in [5, 5.41) is 0.325. The average molecular weight is 696 g/mol. The standard InChI is InChI=1S/C24H19N2.C10H10N2.Ir/c1-15-11-12-21-20(13-15)18-9-4-5-10-19(18)24-25-14-22(26(21)24)23-16(2)7-6-8-17(23)3;1-11-7-8-12(9-11)10-5-3-2-4-6-10;/h4-9,11-14H,1-3H3;2-5,7-9H,1H3;/q-1;-2;+3/i4D,5D,6D,7D,8D,9D,11D,12D,13D,14D;;. The van der Waals surface area contributed by atoms with E-state index in [-0.39, 0.29) is 113 Å². The van der Waals surface area contributed by atoms with E-state index in [1.165, 1.54) is 11.3 Å². The van der Waals surface area contributed by atoms with Crippen LogP contribution in [-0.4, -0.2) is 21.3 Å². The molecule has 0 saturated heterocycles. The minimum absolute atomic E-state index is 0. The van der Waals surface area contributed by atoms with Crippen LogP contribution < -0.4 is 4.90 Å². The third-order valence-electron chi connectivity index (χ3n) is 6.23. The summed E-state index contributed by atoms with van der Waals surface area (Å²) in [7, 11) is 2.00. The van der Waals surface area contributed by atoms with Gasteiger partial charge in [-0.05, 0) is 64.1 Å². The van der Waals surface area contributed by atoms with E-state index < -0.39 is 6.04 Å². The van der Waals surface area contributed by atoms with Crippen molar-refractivity contribution in [2.75, 3.05) is 11.9 Å². The van der Waals surface area contributed by atoms with Gasteiger partial charge in [-0.3, -0.25) is 4.98 Å². The van der Waals surface area contributed by atoms with Gasteiger partial charge in [0.2, 0.25) is 0 Å². The Labute approximate surface area is 257 Å². The molecule has 2 aromatic heterocycles. The molecule has 4 nitrogen and oxygen atoms in total. The van der Waals surface area contributed by atoms with Crippen LogP contribution >= 0.6 is 0 Å². The van der Waals surface area contributed by atoms with E-state index in [1.54, 1.807) is 13.8 Å². The maximum atomic E-state index is 8.80. The third kappa shape index (κ3) is 4.96. The van der Waals surface area contributed by atoms with Crippen LogP contribution in [0.2, 0.25) is 0 Å². The molecule has 3 heterocycles. The molecular formula is C34H29IrN4. The van der Waals surface area contributed by atoms with Crippen LogP contribution in [0.25, 0.3) is 38.6 Å². The summed E-state index contributed by atoms with van der Waals surface area (Å²) in [6.07, 6.45) is 3.73. The van der Waals surface area contributed by atoms with Crippen molar-refractivity contribution in [3.63, 3.8) is 0 Å². The van der Waals surface area contributed by atoms with Gasteiger partial charge in [-0.1, -0.05) is 41.2 Å². The van der Waals surface area contributed by atoms with Crippen LogP contribution in [0.4, 0.5) is 5.69 Å². The van der Waals surface area contributed by atoms with Gasteiger partial charge in [0, 0.05) is 20.0 Å². The summed E-state index contributed by atoms with van der Waals surface area (Å²) >= 11 is 0. The largest absolute Gasteiger partial charge is 3.00 e. The molecule has 0 spiro atoms. The fraction of sp³-hybridized carbons (Fsp3) is 0.118. The number of hydrogen-bond acceptors (Lipinski definition) is 3. The summed E-state index contributed by atoms with van der Waals surface area (Å²) in [4.78, 5) is 8.39. The summed E-state index contributed by atoms with van der Waals surface area (Å²) < 4.78 is 85.9. The van der Waals surface area contributed by atoms with E-state index in [1.807, 2.05) is 60.2 Å². The molecule has 0 atom stereocenters. The number of anilines is 1.